The quantitative estimate of drug-likeness (QED) is 0.793. The van der Waals surface area contributed by atoms with Gasteiger partial charge in [-0.3, -0.25) is 4.79 Å². The van der Waals surface area contributed by atoms with Crippen LogP contribution in [0.5, 0.6) is 0 Å². The van der Waals surface area contributed by atoms with Gasteiger partial charge in [0, 0.05) is 17.9 Å². The molecule has 2 saturated carbocycles. The fourth-order valence-corrected chi connectivity index (χ4v) is 3.47. The minimum Gasteiger partial charge on any atom is -0.314 e. The number of carbonyl (C=O) groups excluding carboxylic acids is 1. The minimum atomic E-state index is 0.151. The van der Waals surface area contributed by atoms with Crippen molar-refractivity contribution in [3.63, 3.8) is 0 Å². The smallest absolute Gasteiger partial charge is 0.137 e. The van der Waals surface area contributed by atoms with E-state index in [9.17, 15) is 4.79 Å². The molecule has 2 rings (SSSR count). The predicted octanol–water partition coefficient (Wildman–Crippen LogP) is 3.06. The Balaban J connectivity index is 1.91. The van der Waals surface area contributed by atoms with Crippen LogP contribution < -0.4 is 5.32 Å². The Hall–Kier alpha value is -0.370. The Bertz CT molecular complexity index is 237. The number of Topliss-reactive ketones (excluding diaryl/α,β-unsaturated/α-hetero) is 1. The van der Waals surface area contributed by atoms with E-state index in [-0.39, 0.29) is 5.54 Å². The van der Waals surface area contributed by atoms with Crippen molar-refractivity contribution >= 4 is 5.78 Å². The molecular weight excluding hydrogens is 198 g/mol. The molecule has 0 radical (unpaired) electrons. The maximum Gasteiger partial charge on any atom is 0.137 e. The molecule has 0 aromatic rings. The van der Waals surface area contributed by atoms with E-state index in [4.69, 9.17) is 0 Å². The van der Waals surface area contributed by atoms with Gasteiger partial charge in [0.1, 0.15) is 5.78 Å². The van der Waals surface area contributed by atoms with E-state index in [1.807, 2.05) is 7.05 Å². The molecule has 0 aromatic carbocycles. The van der Waals surface area contributed by atoms with E-state index in [1.165, 1.54) is 44.9 Å². The summed E-state index contributed by atoms with van der Waals surface area (Å²) in [4.78, 5) is 12.2. The van der Waals surface area contributed by atoms with Crippen molar-refractivity contribution in [1.82, 2.24) is 5.32 Å². The van der Waals surface area contributed by atoms with Crippen molar-refractivity contribution < 1.29 is 4.79 Å². The third-order valence-electron chi connectivity index (χ3n) is 4.66. The third kappa shape index (κ3) is 2.65. The van der Waals surface area contributed by atoms with Crippen LogP contribution in [-0.4, -0.2) is 18.4 Å². The van der Waals surface area contributed by atoms with Crippen molar-refractivity contribution in [2.75, 3.05) is 7.05 Å². The number of carbonyl (C=O) groups is 1. The van der Waals surface area contributed by atoms with Crippen LogP contribution >= 0.6 is 0 Å². The van der Waals surface area contributed by atoms with Gasteiger partial charge in [0.05, 0.1) is 0 Å². The van der Waals surface area contributed by atoms with Crippen LogP contribution in [0.15, 0.2) is 0 Å². The van der Waals surface area contributed by atoms with Crippen molar-refractivity contribution in [3.8, 4) is 0 Å². The second kappa shape index (κ2) is 5.31. The van der Waals surface area contributed by atoms with E-state index >= 15 is 0 Å². The van der Waals surface area contributed by atoms with Crippen molar-refractivity contribution in [2.24, 2.45) is 5.92 Å². The number of rotatable bonds is 4. The lowest BCUT2D eigenvalue weighted by molar-refractivity contribution is -0.124. The average Bonchev–Trinajstić information content (AvgIpc) is 2.84. The van der Waals surface area contributed by atoms with Crippen molar-refractivity contribution in [2.45, 2.75) is 69.7 Å². The summed E-state index contributed by atoms with van der Waals surface area (Å²) in [5.41, 5.74) is 0.151. The largest absolute Gasteiger partial charge is 0.314 e. The molecule has 16 heavy (non-hydrogen) atoms. The van der Waals surface area contributed by atoms with Crippen molar-refractivity contribution in [1.29, 1.82) is 0 Å². The first-order valence-corrected chi connectivity index (χ1v) is 6.97. The molecular formula is C14H25NO. The van der Waals surface area contributed by atoms with E-state index in [2.05, 4.69) is 5.32 Å². The SMILES string of the molecule is CNC1(CC(=O)C2CCCC2)CCCCC1. The molecule has 0 amide bonds. The van der Waals surface area contributed by atoms with E-state index < -0.39 is 0 Å². The Morgan fingerprint density at radius 1 is 1.12 bits per heavy atom. The lowest BCUT2D eigenvalue weighted by atomic mass is 9.76. The molecule has 0 spiro atoms. The van der Waals surface area contributed by atoms with Gasteiger partial charge >= 0.3 is 0 Å². The van der Waals surface area contributed by atoms with Crippen LogP contribution in [0.3, 0.4) is 0 Å². The van der Waals surface area contributed by atoms with E-state index in [1.54, 1.807) is 0 Å². The molecule has 0 atom stereocenters. The Kier molecular flexibility index (Phi) is 4.01. The second-order valence-corrected chi connectivity index (χ2v) is 5.72. The molecule has 2 fully saturated rings. The van der Waals surface area contributed by atoms with Crippen LogP contribution in [0.4, 0.5) is 0 Å². The molecule has 92 valence electrons. The van der Waals surface area contributed by atoms with Gasteiger partial charge in [0.25, 0.3) is 0 Å². The van der Waals surface area contributed by atoms with Crippen LogP contribution in [0.25, 0.3) is 0 Å². The maximum absolute atomic E-state index is 12.2. The average molecular weight is 223 g/mol. The van der Waals surface area contributed by atoms with Gasteiger partial charge in [0.15, 0.2) is 0 Å². The summed E-state index contributed by atoms with van der Waals surface area (Å²) in [7, 11) is 2.03. The lowest BCUT2D eigenvalue weighted by Crippen LogP contribution is -2.47. The molecule has 2 nitrogen and oxygen atoms in total. The molecule has 1 N–H and O–H groups in total. The zero-order valence-corrected chi connectivity index (χ0v) is 10.6. The van der Waals surface area contributed by atoms with Gasteiger partial charge in [-0.2, -0.15) is 0 Å². The lowest BCUT2D eigenvalue weighted by Gasteiger charge is -2.37. The maximum atomic E-state index is 12.2. The molecule has 0 bridgehead atoms. The zero-order valence-electron chi connectivity index (χ0n) is 10.6. The van der Waals surface area contributed by atoms with Gasteiger partial charge in [-0.05, 0) is 32.7 Å². The standard InChI is InChI=1S/C14H25NO/c1-15-14(9-5-2-6-10-14)11-13(16)12-7-3-4-8-12/h12,15H,2-11H2,1H3. The predicted molar refractivity (Wildman–Crippen MR) is 66.5 cm³/mol. The van der Waals surface area contributed by atoms with Gasteiger partial charge in [-0.25, -0.2) is 0 Å². The molecule has 0 aromatic heterocycles. The topological polar surface area (TPSA) is 29.1 Å². The number of hydrogen-bond donors (Lipinski definition) is 1. The first-order chi connectivity index (χ1) is 7.76. The summed E-state index contributed by atoms with van der Waals surface area (Å²) >= 11 is 0. The molecule has 0 heterocycles. The highest BCUT2D eigenvalue weighted by Crippen LogP contribution is 2.34. The summed E-state index contributed by atoms with van der Waals surface area (Å²) < 4.78 is 0. The third-order valence-corrected chi connectivity index (χ3v) is 4.66. The highest BCUT2D eigenvalue weighted by molar-refractivity contribution is 5.82. The molecule has 2 aliphatic rings. The first-order valence-electron chi connectivity index (χ1n) is 6.97. The zero-order chi connectivity index (χ0) is 11.4. The summed E-state index contributed by atoms with van der Waals surface area (Å²) in [5.74, 6) is 0.931. The monoisotopic (exact) mass is 223 g/mol. The fraction of sp³-hybridized carbons (Fsp3) is 0.929. The Morgan fingerprint density at radius 3 is 2.31 bits per heavy atom. The normalized spacial score (nSPS) is 25.8. The van der Waals surface area contributed by atoms with Crippen molar-refractivity contribution in [3.05, 3.63) is 0 Å². The van der Waals surface area contributed by atoms with E-state index in [0.717, 1.165) is 19.3 Å². The number of ketones is 1. The first kappa shape index (κ1) is 12.1. The van der Waals surface area contributed by atoms with Crippen LogP contribution in [0.1, 0.15) is 64.2 Å². The molecule has 2 heteroatoms. The van der Waals surface area contributed by atoms with Crippen LogP contribution in [-0.2, 0) is 4.79 Å². The summed E-state index contributed by atoms with van der Waals surface area (Å²) in [6.45, 7) is 0. The summed E-state index contributed by atoms with van der Waals surface area (Å²) in [6.07, 6.45) is 11.9. The molecule has 0 unspecified atom stereocenters. The molecule has 0 aliphatic heterocycles. The van der Waals surface area contributed by atoms with Crippen LogP contribution in [0, 0.1) is 5.92 Å². The van der Waals surface area contributed by atoms with Crippen LogP contribution in [0.2, 0.25) is 0 Å². The van der Waals surface area contributed by atoms with Gasteiger partial charge in [0.2, 0.25) is 0 Å². The van der Waals surface area contributed by atoms with E-state index in [0.29, 0.717) is 11.7 Å². The molecule has 2 aliphatic carbocycles. The fourth-order valence-electron chi connectivity index (χ4n) is 3.47. The molecule has 0 saturated heterocycles. The minimum absolute atomic E-state index is 0.151. The summed E-state index contributed by atoms with van der Waals surface area (Å²) in [5, 5.41) is 3.45. The van der Waals surface area contributed by atoms with Gasteiger partial charge in [-0.1, -0.05) is 32.1 Å². The summed E-state index contributed by atoms with van der Waals surface area (Å²) in [6, 6.07) is 0. The number of hydrogen-bond acceptors (Lipinski definition) is 2. The highest BCUT2D eigenvalue weighted by atomic mass is 16.1. The van der Waals surface area contributed by atoms with Gasteiger partial charge in [-0.15, -0.1) is 0 Å². The van der Waals surface area contributed by atoms with Gasteiger partial charge < -0.3 is 5.32 Å². The Morgan fingerprint density at radius 2 is 1.75 bits per heavy atom. The highest BCUT2D eigenvalue weighted by Gasteiger charge is 2.35. The number of nitrogens with one attached hydrogen (secondary N) is 1. The second-order valence-electron chi connectivity index (χ2n) is 5.72. The Labute approximate surface area is 99.2 Å².